The quantitative estimate of drug-likeness (QED) is 0.846. The standard InChI is InChI=1S/C18H23NO3S2/c1-18(2,3)12-17(20)19-13-16(15-10-7-11-23-15)24(21,22)14-8-5-4-6-9-14/h4-11,16H,12-13H2,1-3H3,(H,19,20)/t16-/m0/s1. The first kappa shape index (κ1) is 18.7. The first-order valence-electron chi connectivity index (χ1n) is 7.79. The lowest BCUT2D eigenvalue weighted by molar-refractivity contribution is -0.122. The average molecular weight is 366 g/mol. The molecular formula is C18H23NO3S2. The normalized spacial score (nSPS) is 13.5. The Kier molecular flexibility index (Phi) is 5.83. The Bertz CT molecular complexity index is 760. The number of carbonyl (C=O) groups is 1. The Balaban J connectivity index is 2.23. The van der Waals surface area contributed by atoms with E-state index in [1.54, 1.807) is 36.4 Å². The Labute approximate surface area is 147 Å². The van der Waals surface area contributed by atoms with Gasteiger partial charge in [0.15, 0.2) is 9.84 Å². The molecule has 1 amide bonds. The molecule has 0 aliphatic carbocycles. The summed E-state index contributed by atoms with van der Waals surface area (Å²) in [5.41, 5.74) is -0.138. The van der Waals surface area contributed by atoms with E-state index in [2.05, 4.69) is 5.32 Å². The smallest absolute Gasteiger partial charge is 0.220 e. The molecule has 2 aromatic rings. The molecule has 0 saturated heterocycles. The van der Waals surface area contributed by atoms with Crippen LogP contribution in [-0.2, 0) is 14.6 Å². The highest BCUT2D eigenvalue weighted by atomic mass is 32.2. The Morgan fingerprint density at radius 2 is 1.79 bits per heavy atom. The summed E-state index contributed by atoms with van der Waals surface area (Å²) in [5, 5.41) is 3.86. The van der Waals surface area contributed by atoms with E-state index < -0.39 is 15.1 Å². The van der Waals surface area contributed by atoms with Gasteiger partial charge in [0.2, 0.25) is 5.91 Å². The Hall–Kier alpha value is -1.66. The molecule has 1 atom stereocenters. The highest BCUT2D eigenvalue weighted by molar-refractivity contribution is 7.91. The van der Waals surface area contributed by atoms with Gasteiger partial charge in [0.1, 0.15) is 5.25 Å². The van der Waals surface area contributed by atoms with Gasteiger partial charge in [0, 0.05) is 17.8 Å². The van der Waals surface area contributed by atoms with Crippen molar-refractivity contribution >= 4 is 27.1 Å². The number of thiophene rings is 1. The van der Waals surface area contributed by atoms with Crippen molar-refractivity contribution < 1.29 is 13.2 Å². The van der Waals surface area contributed by atoms with Gasteiger partial charge in [-0.25, -0.2) is 8.42 Å². The van der Waals surface area contributed by atoms with E-state index in [0.29, 0.717) is 6.42 Å². The molecule has 0 saturated carbocycles. The minimum Gasteiger partial charge on any atom is -0.354 e. The van der Waals surface area contributed by atoms with Gasteiger partial charge >= 0.3 is 0 Å². The second-order valence-electron chi connectivity index (χ2n) is 6.90. The first-order chi connectivity index (χ1) is 11.2. The summed E-state index contributed by atoms with van der Waals surface area (Å²) in [4.78, 5) is 13.1. The Morgan fingerprint density at radius 3 is 2.33 bits per heavy atom. The number of benzene rings is 1. The van der Waals surface area contributed by atoms with Gasteiger partial charge in [-0.15, -0.1) is 11.3 Å². The van der Waals surface area contributed by atoms with E-state index >= 15 is 0 Å². The van der Waals surface area contributed by atoms with Crippen molar-refractivity contribution in [3.63, 3.8) is 0 Å². The van der Waals surface area contributed by atoms with Crippen molar-refractivity contribution in [1.29, 1.82) is 0 Å². The fourth-order valence-corrected chi connectivity index (χ4v) is 5.17. The van der Waals surface area contributed by atoms with Crippen LogP contribution in [-0.4, -0.2) is 20.9 Å². The predicted octanol–water partition coefficient (Wildman–Crippen LogP) is 3.82. The van der Waals surface area contributed by atoms with Crippen LogP contribution in [0, 0.1) is 5.41 Å². The molecule has 0 unspecified atom stereocenters. The van der Waals surface area contributed by atoms with Crippen LogP contribution in [0.2, 0.25) is 0 Å². The molecule has 1 heterocycles. The van der Waals surface area contributed by atoms with Crippen LogP contribution < -0.4 is 5.32 Å². The van der Waals surface area contributed by atoms with Crippen molar-refractivity contribution in [2.45, 2.75) is 37.3 Å². The van der Waals surface area contributed by atoms with Crippen LogP contribution in [0.25, 0.3) is 0 Å². The summed E-state index contributed by atoms with van der Waals surface area (Å²) in [6, 6.07) is 12.0. The fraction of sp³-hybridized carbons (Fsp3) is 0.389. The molecule has 130 valence electrons. The highest BCUT2D eigenvalue weighted by Crippen LogP contribution is 2.31. The Morgan fingerprint density at radius 1 is 1.12 bits per heavy atom. The molecule has 0 aliphatic heterocycles. The van der Waals surface area contributed by atoms with E-state index in [1.807, 2.05) is 32.2 Å². The highest BCUT2D eigenvalue weighted by Gasteiger charge is 2.30. The molecule has 6 heteroatoms. The van der Waals surface area contributed by atoms with E-state index in [0.717, 1.165) is 4.88 Å². The van der Waals surface area contributed by atoms with Gasteiger partial charge in [0.05, 0.1) is 4.90 Å². The molecule has 0 radical (unpaired) electrons. The number of amides is 1. The van der Waals surface area contributed by atoms with Crippen molar-refractivity contribution in [2.75, 3.05) is 6.54 Å². The lowest BCUT2D eigenvalue weighted by atomic mass is 9.92. The zero-order valence-electron chi connectivity index (χ0n) is 14.2. The van der Waals surface area contributed by atoms with Gasteiger partial charge in [-0.2, -0.15) is 0 Å². The lowest BCUT2D eigenvalue weighted by Crippen LogP contribution is -2.33. The molecule has 0 bridgehead atoms. The zero-order valence-corrected chi connectivity index (χ0v) is 15.8. The average Bonchev–Trinajstić information content (AvgIpc) is 3.00. The van der Waals surface area contributed by atoms with Gasteiger partial charge in [-0.1, -0.05) is 45.0 Å². The van der Waals surface area contributed by atoms with Crippen LogP contribution in [0.5, 0.6) is 0 Å². The number of rotatable bonds is 6. The molecule has 24 heavy (non-hydrogen) atoms. The topological polar surface area (TPSA) is 63.2 Å². The van der Waals surface area contributed by atoms with Gasteiger partial charge in [-0.05, 0) is 29.0 Å². The van der Waals surface area contributed by atoms with Crippen LogP contribution in [0.15, 0.2) is 52.7 Å². The fourth-order valence-electron chi connectivity index (χ4n) is 2.36. The summed E-state index contributed by atoms with van der Waals surface area (Å²) >= 11 is 1.39. The van der Waals surface area contributed by atoms with Crippen molar-refractivity contribution in [1.82, 2.24) is 5.32 Å². The third kappa shape index (κ3) is 4.92. The monoisotopic (exact) mass is 365 g/mol. The van der Waals surface area contributed by atoms with Crippen LogP contribution in [0.1, 0.15) is 37.3 Å². The zero-order chi connectivity index (χ0) is 17.8. The predicted molar refractivity (Wildman–Crippen MR) is 97.8 cm³/mol. The number of hydrogen-bond acceptors (Lipinski definition) is 4. The largest absolute Gasteiger partial charge is 0.354 e. The van der Waals surface area contributed by atoms with Gasteiger partial charge in [0.25, 0.3) is 0 Å². The lowest BCUT2D eigenvalue weighted by Gasteiger charge is -2.20. The van der Waals surface area contributed by atoms with Crippen molar-refractivity contribution in [3.8, 4) is 0 Å². The number of sulfone groups is 1. The molecule has 0 fully saturated rings. The third-order valence-electron chi connectivity index (χ3n) is 3.48. The number of nitrogens with one attached hydrogen (secondary N) is 1. The van der Waals surface area contributed by atoms with E-state index in [9.17, 15) is 13.2 Å². The number of hydrogen-bond donors (Lipinski definition) is 1. The SMILES string of the molecule is CC(C)(C)CC(=O)NC[C@@H](c1cccs1)S(=O)(=O)c1ccccc1. The van der Waals surface area contributed by atoms with Gasteiger partial charge in [-0.3, -0.25) is 4.79 Å². The van der Waals surface area contributed by atoms with Crippen LogP contribution in [0.3, 0.4) is 0 Å². The second kappa shape index (κ2) is 7.49. The number of carbonyl (C=O) groups excluding carboxylic acids is 1. The first-order valence-corrected chi connectivity index (χ1v) is 10.2. The second-order valence-corrected chi connectivity index (χ2v) is 10.0. The molecule has 0 spiro atoms. The molecule has 4 nitrogen and oxygen atoms in total. The maximum Gasteiger partial charge on any atom is 0.220 e. The third-order valence-corrected chi connectivity index (χ3v) is 6.72. The summed E-state index contributed by atoms with van der Waals surface area (Å²) in [5.74, 6) is -0.132. The molecule has 1 aromatic carbocycles. The minimum atomic E-state index is -3.57. The van der Waals surface area contributed by atoms with Crippen LogP contribution >= 0.6 is 11.3 Å². The van der Waals surface area contributed by atoms with Gasteiger partial charge < -0.3 is 5.32 Å². The van der Waals surface area contributed by atoms with Crippen LogP contribution in [0.4, 0.5) is 0 Å². The van der Waals surface area contributed by atoms with E-state index in [-0.39, 0.29) is 22.8 Å². The maximum absolute atomic E-state index is 13.0. The molecule has 1 aromatic heterocycles. The summed E-state index contributed by atoms with van der Waals surface area (Å²) in [7, 11) is -3.57. The van der Waals surface area contributed by atoms with Crippen molar-refractivity contribution in [3.05, 3.63) is 52.7 Å². The molecule has 1 N–H and O–H groups in total. The van der Waals surface area contributed by atoms with E-state index in [1.165, 1.54) is 11.3 Å². The van der Waals surface area contributed by atoms with Crippen molar-refractivity contribution in [2.24, 2.45) is 5.41 Å². The maximum atomic E-state index is 13.0. The summed E-state index contributed by atoms with van der Waals surface area (Å²) < 4.78 is 26.0. The minimum absolute atomic E-state index is 0.0760. The molecule has 0 aliphatic rings. The van der Waals surface area contributed by atoms with E-state index in [4.69, 9.17) is 0 Å². The molecule has 2 rings (SSSR count). The summed E-state index contributed by atoms with van der Waals surface area (Å²) in [6.07, 6.45) is 0.357. The molecular weight excluding hydrogens is 342 g/mol. The summed E-state index contributed by atoms with van der Waals surface area (Å²) in [6.45, 7) is 6.00.